The molecule has 0 aliphatic carbocycles. The number of nitrogens with zero attached hydrogens (tertiary/aromatic N) is 2. The Hall–Kier alpha value is -1.62. The number of aliphatic hydroxyl groups is 1. The summed E-state index contributed by atoms with van der Waals surface area (Å²) in [6, 6.07) is 3.65. The van der Waals surface area contributed by atoms with Crippen LogP contribution in [-0.2, 0) is 0 Å². The van der Waals surface area contributed by atoms with Gasteiger partial charge in [-0.15, -0.1) is 0 Å². The highest BCUT2D eigenvalue weighted by atomic mass is 16.3. The van der Waals surface area contributed by atoms with E-state index in [2.05, 4.69) is 15.2 Å². The molecule has 0 spiro atoms. The summed E-state index contributed by atoms with van der Waals surface area (Å²) < 4.78 is 0. The van der Waals surface area contributed by atoms with Gasteiger partial charge in [0.2, 0.25) is 0 Å². The monoisotopic (exact) mass is 305 g/mol. The lowest BCUT2D eigenvalue weighted by Crippen LogP contribution is -2.29. The molecule has 1 aliphatic heterocycles. The number of hydrogen-bond acceptors (Lipinski definition) is 4. The van der Waals surface area contributed by atoms with E-state index in [0.29, 0.717) is 12.1 Å². The van der Waals surface area contributed by atoms with Crippen molar-refractivity contribution in [3.05, 3.63) is 23.9 Å². The second-order valence-corrected chi connectivity index (χ2v) is 6.75. The van der Waals surface area contributed by atoms with Crippen LogP contribution in [-0.4, -0.2) is 42.2 Å². The molecule has 1 amide bonds. The summed E-state index contributed by atoms with van der Waals surface area (Å²) in [7, 11) is 0. The lowest BCUT2D eigenvalue weighted by Gasteiger charge is -2.21. The lowest BCUT2D eigenvalue weighted by molar-refractivity contribution is 0.0948. The van der Waals surface area contributed by atoms with Crippen LogP contribution in [0.25, 0.3) is 0 Å². The van der Waals surface area contributed by atoms with E-state index >= 15 is 0 Å². The minimum absolute atomic E-state index is 0.0585. The molecule has 122 valence electrons. The maximum absolute atomic E-state index is 12.4. The Labute approximate surface area is 132 Å². The van der Waals surface area contributed by atoms with Gasteiger partial charge >= 0.3 is 0 Å². The van der Waals surface area contributed by atoms with Gasteiger partial charge in [-0.2, -0.15) is 0 Å². The molecule has 0 atom stereocenters. The van der Waals surface area contributed by atoms with Gasteiger partial charge in [-0.1, -0.05) is 13.8 Å². The summed E-state index contributed by atoms with van der Waals surface area (Å²) >= 11 is 0. The first-order chi connectivity index (χ1) is 10.5. The van der Waals surface area contributed by atoms with Gasteiger partial charge in [0.05, 0.1) is 5.56 Å². The molecule has 2 N–H and O–H groups in total. The van der Waals surface area contributed by atoms with Crippen LogP contribution >= 0.6 is 0 Å². The van der Waals surface area contributed by atoms with Gasteiger partial charge in [0.25, 0.3) is 5.91 Å². The number of hydrogen-bond donors (Lipinski definition) is 2. The number of carbonyl (C=O) groups excluding carboxylic acids is 1. The molecule has 0 saturated carbocycles. The summed E-state index contributed by atoms with van der Waals surface area (Å²) in [5.41, 5.74) is 0.575. The molecule has 5 nitrogen and oxygen atoms in total. The first kappa shape index (κ1) is 16.7. The molecule has 1 aliphatic rings. The Morgan fingerprint density at radius 3 is 2.82 bits per heavy atom. The SMILES string of the molecule is CC(C)(CO)CCCNC(=O)c1cccnc1N1CCCC1. The summed E-state index contributed by atoms with van der Waals surface area (Å²) in [6.07, 6.45) is 5.81. The Balaban J connectivity index is 1.90. The van der Waals surface area contributed by atoms with Crippen molar-refractivity contribution in [3.8, 4) is 0 Å². The van der Waals surface area contributed by atoms with Crippen molar-refractivity contribution >= 4 is 11.7 Å². The normalized spacial score (nSPS) is 15.1. The highest BCUT2D eigenvalue weighted by Gasteiger charge is 2.20. The van der Waals surface area contributed by atoms with Crippen molar-refractivity contribution in [1.82, 2.24) is 10.3 Å². The molecule has 1 aromatic rings. The molecular formula is C17H27N3O2. The van der Waals surface area contributed by atoms with Crippen molar-refractivity contribution in [2.24, 2.45) is 5.41 Å². The van der Waals surface area contributed by atoms with Crippen molar-refractivity contribution in [1.29, 1.82) is 0 Å². The largest absolute Gasteiger partial charge is 0.396 e. The van der Waals surface area contributed by atoms with Gasteiger partial charge in [-0.05, 0) is 43.2 Å². The Bertz CT molecular complexity index is 496. The fourth-order valence-electron chi connectivity index (χ4n) is 2.70. The van der Waals surface area contributed by atoms with Crippen LogP contribution < -0.4 is 10.2 Å². The van der Waals surface area contributed by atoms with Crippen molar-refractivity contribution in [2.75, 3.05) is 31.1 Å². The van der Waals surface area contributed by atoms with E-state index in [1.807, 2.05) is 26.0 Å². The van der Waals surface area contributed by atoms with E-state index in [4.69, 9.17) is 0 Å². The summed E-state index contributed by atoms with van der Waals surface area (Å²) in [5, 5.41) is 12.2. The van der Waals surface area contributed by atoms with Crippen LogP contribution in [0, 0.1) is 5.41 Å². The number of nitrogens with one attached hydrogen (secondary N) is 1. The zero-order valence-electron chi connectivity index (χ0n) is 13.6. The van der Waals surface area contributed by atoms with Gasteiger partial charge in [0.1, 0.15) is 5.82 Å². The minimum Gasteiger partial charge on any atom is -0.396 e. The predicted molar refractivity (Wildman–Crippen MR) is 88.1 cm³/mol. The van der Waals surface area contributed by atoms with Crippen LogP contribution in [0.4, 0.5) is 5.82 Å². The summed E-state index contributed by atoms with van der Waals surface area (Å²) in [6.45, 7) is 6.80. The van der Waals surface area contributed by atoms with Crippen LogP contribution in [0.3, 0.4) is 0 Å². The Morgan fingerprint density at radius 2 is 2.14 bits per heavy atom. The standard InChI is InChI=1S/C17H27N3O2/c1-17(2,13-21)8-6-10-19-16(22)14-7-5-9-18-15(14)20-11-3-4-12-20/h5,7,9,21H,3-4,6,8,10-13H2,1-2H3,(H,19,22). The third kappa shape index (κ3) is 4.44. The highest BCUT2D eigenvalue weighted by Crippen LogP contribution is 2.22. The second-order valence-electron chi connectivity index (χ2n) is 6.75. The van der Waals surface area contributed by atoms with Crippen molar-refractivity contribution in [2.45, 2.75) is 39.5 Å². The van der Waals surface area contributed by atoms with E-state index in [-0.39, 0.29) is 17.9 Å². The van der Waals surface area contributed by atoms with E-state index in [1.54, 1.807) is 6.20 Å². The number of amides is 1. The molecule has 1 saturated heterocycles. The maximum atomic E-state index is 12.4. The van der Waals surface area contributed by atoms with Crippen LogP contribution in [0.5, 0.6) is 0 Å². The first-order valence-electron chi connectivity index (χ1n) is 8.12. The fourth-order valence-corrected chi connectivity index (χ4v) is 2.70. The molecule has 0 unspecified atom stereocenters. The van der Waals surface area contributed by atoms with Crippen LogP contribution in [0.1, 0.15) is 49.9 Å². The fraction of sp³-hybridized carbons (Fsp3) is 0.647. The highest BCUT2D eigenvalue weighted by molar-refractivity contribution is 5.98. The van der Waals surface area contributed by atoms with Gasteiger partial charge in [0, 0.05) is 32.4 Å². The molecule has 1 aromatic heterocycles. The Kier molecular flexibility index (Phi) is 5.77. The second kappa shape index (κ2) is 7.58. The number of aromatic nitrogens is 1. The molecule has 0 bridgehead atoms. The molecular weight excluding hydrogens is 278 g/mol. The topological polar surface area (TPSA) is 65.5 Å². The van der Waals surface area contributed by atoms with Crippen molar-refractivity contribution < 1.29 is 9.90 Å². The molecule has 0 radical (unpaired) electrons. The van der Waals surface area contributed by atoms with Crippen molar-refractivity contribution in [3.63, 3.8) is 0 Å². The van der Waals surface area contributed by atoms with Gasteiger partial charge in [-0.25, -0.2) is 4.98 Å². The number of rotatable bonds is 7. The quantitative estimate of drug-likeness (QED) is 0.758. The maximum Gasteiger partial charge on any atom is 0.255 e. The number of anilines is 1. The predicted octanol–water partition coefficient (Wildman–Crippen LogP) is 2.21. The zero-order chi connectivity index (χ0) is 16.0. The first-order valence-corrected chi connectivity index (χ1v) is 8.12. The number of pyridine rings is 1. The summed E-state index contributed by atoms with van der Waals surface area (Å²) in [5.74, 6) is 0.741. The number of aliphatic hydroxyl groups excluding tert-OH is 1. The molecule has 0 aromatic carbocycles. The van der Waals surface area contributed by atoms with Gasteiger partial charge < -0.3 is 15.3 Å². The van der Waals surface area contributed by atoms with Gasteiger partial charge in [0.15, 0.2) is 0 Å². The number of carbonyl (C=O) groups is 1. The third-order valence-corrected chi connectivity index (χ3v) is 4.18. The smallest absolute Gasteiger partial charge is 0.255 e. The molecule has 22 heavy (non-hydrogen) atoms. The van der Waals surface area contributed by atoms with E-state index < -0.39 is 0 Å². The molecule has 1 fully saturated rings. The third-order valence-electron chi connectivity index (χ3n) is 4.18. The lowest BCUT2D eigenvalue weighted by atomic mass is 9.89. The zero-order valence-corrected chi connectivity index (χ0v) is 13.6. The summed E-state index contributed by atoms with van der Waals surface area (Å²) in [4.78, 5) is 19.0. The molecule has 5 heteroatoms. The minimum atomic E-state index is -0.0836. The molecule has 2 heterocycles. The van der Waals surface area contributed by atoms with E-state index in [0.717, 1.165) is 44.6 Å². The Morgan fingerprint density at radius 1 is 1.41 bits per heavy atom. The van der Waals surface area contributed by atoms with Crippen LogP contribution in [0.2, 0.25) is 0 Å². The average Bonchev–Trinajstić information content (AvgIpc) is 3.05. The average molecular weight is 305 g/mol. The van der Waals surface area contributed by atoms with Crippen LogP contribution in [0.15, 0.2) is 18.3 Å². The van der Waals surface area contributed by atoms with Gasteiger partial charge in [-0.3, -0.25) is 4.79 Å². The van der Waals surface area contributed by atoms with E-state index in [9.17, 15) is 9.90 Å². The van der Waals surface area contributed by atoms with E-state index in [1.165, 1.54) is 0 Å². The molecule has 2 rings (SSSR count).